The largest absolute Gasteiger partial charge is 0.353 e. The Morgan fingerprint density at radius 2 is 1.84 bits per heavy atom. The van der Waals surface area contributed by atoms with Crippen LogP contribution in [0.2, 0.25) is 0 Å². The highest BCUT2D eigenvalue weighted by molar-refractivity contribution is 5.77. The Morgan fingerprint density at radius 3 is 2.53 bits per heavy atom. The third-order valence-corrected chi connectivity index (χ3v) is 5.07. The number of nitrogens with zero attached hydrogens (tertiary/aromatic N) is 4. The second kappa shape index (κ2) is 9.32. The summed E-state index contributed by atoms with van der Waals surface area (Å²) >= 11 is 0. The van der Waals surface area contributed by atoms with Crippen LogP contribution in [0.4, 0.5) is 10.3 Å². The minimum Gasteiger partial charge on any atom is -0.353 e. The van der Waals surface area contributed by atoms with Crippen molar-refractivity contribution in [2.45, 2.75) is 20.1 Å². The first kappa shape index (κ1) is 22.3. The molecule has 2 aromatic heterocycles. The van der Waals surface area contributed by atoms with Crippen molar-refractivity contribution in [3.63, 3.8) is 0 Å². The van der Waals surface area contributed by atoms with Gasteiger partial charge in [-0.2, -0.15) is 0 Å². The lowest BCUT2D eigenvalue weighted by molar-refractivity contribution is -0.229. The van der Waals surface area contributed by atoms with Gasteiger partial charge in [0.1, 0.15) is 5.82 Å². The Kier molecular flexibility index (Phi) is 6.50. The number of likely N-dealkylation sites (N-methyl/N-ethyl adjacent to an activating group) is 1. The lowest BCUT2D eigenvalue weighted by Gasteiger charge is -2.33. The molecule has 1 fully saturated rings. The van der Waals surface area contributed by atoms with Gasteiger partial charge in [0.15, 0.2) is 5.82 Å². The highest BCUT2D eigenvalue weighted by Crippen LogP contribution is 2.35. The number of aromatic nitrogens is 4. The zero-order valence-electron chi connectivity index (χ0n) is 18.9. The van der Waals surface area contributed by atoms with Gasteiger partial charge in [-0.1, -0.05) is 13.8 Å². The molecule has 1 saturated heterocycles. The Bertz CT molecular complexity index is 1040. The number of nitrogens with one attached hydrogen (secondary N) is 2. The lowest BCUT2D eigenvalue weighted by atomic mass is 9.96. The molecule has 170 valence electrons. The zero-order valence-corrected chi connectivity index (χ0v) is 18.9. The van der Waals surface area contributed by atoms with E-state index < -0.39 is 6.29 Å². The topological polar surface area (TPSA) is 88.2 Å². The van der Waals surface area contributed by atoms with E-state index in [1.807, 2.05) is 20.2 Å². The maximum Gasteiger partial charge on any atom is 0.223 e. The molecule has 0 amide bonds. The van der Waals surface area contributed by atoms with E-state index in [4.69, 9.17) is 14.5 Å². The first-order valence-corrected chi connectivity index (χ1v) is 10.6. The number of halogens is 1. The fourth-order valence-electron chi connectivity index (χ4n) is 3.33. The van der Waals surface area contributed by atoms with Crippen molar-refractivity contribution in [2.75, 3.05) is 45.7 Å². The Morgan fingerprint density at radius 1 is 1.12 bits per heavy atom. The average molecular weight is 441 g/mol. The number of hydrogen-bond acceptors (Lipinski definition) is 7. The molecule has 1 aliphatic heterocycles. The average Bonchev–Trinajstić information content (AvgIpc) is 3.19. The van der Waals surface area contributed by atoms with Crippen LogP contribution >= 0.6 is 0 Å². The van der Waals surface area contributed by atoms with E-state index in [9.17, 15) is 4.39 Å². The smallest absolute Gasteiger partial charge is 0.223 e. The number of ether oxygens (including phenoxy) is 2. The van der Waals surface area contributed by atoms with Crippen molar-refractivity contribution in [2.24, 2.45) is 5.41 Å². The van der Waals surface area contributed by atoms with Crippen molar-refractivity contribution >= 4 is 5.95 Å². The molecule has 3 aromatic rings. The quantitative estimate of drug-likeness (QED) is 0.579. The van der Waals surface area contributed by atoms with Gasteiger partial charge in [0.05, 0.1) is 30.3 Å². The van der Waals surface area contributed by atoms with E-state index in [-0.39, 0.29) is 11.2 Å². The van der Waals surface area contributed by atoms with Gasteiger partial charge in [-0.3, -0.25) is 0 Å². The molecule has 3 heterocycles. The summed E-state index contributed by atoms with van der Waals surface area (Å²) < 4.78 is 25.3. The number of hydrogen-bond donors (Lipinski definition) is 2. The normalized spacial score (nSPS) is 16.4. The molecule has 1 aromatic carbocycles. The highest BCUT2D eigenvalue weighted by Gasteiger charge is 2.32. The number of aromatic amines is 1. The van der Waals surface area contributed by atoms with Crippen LogP contribution < -0.4 is 5.32 Å². The van der Waals surface area contributed by atoms with Crippen LogP contribution in [0.5, 0.6) is 0 Å². The van der Waals surface area contributed by atoms with Gasteiger partial charge in [-0.15, -0.1) is 0 Å². The third-order valence-electron chi connectivity index (χ3n) is 5.07. The van der Waals surface area contributed by atoms with Gasteiger partial charge < -0.3 is 24.7 Å². The van der Waals surface area contributed by atoms with E-state index in [2.05, 4.69) is 39.0 Å². The van der Waals surface area contributed by atoms with Gasteiger partial charge >= 0.3 is 0 Å². The fraction of sp³-hybridized carbons (Fsp3) is 0.435. The molecule has 32 heavy (non-hydrogen) atoms. The maximum atomic E-state index is 13.5. The van der Waals surface area contributed by atoms with Gasteiger partial charge in [0.2, 0.25) is 12.2 Å². The van der Waals surface area contributed by atoms with Crippen molar-refractivity contribution < 1.29 is 13.9 Å². The Labute approximate surface area is 187 Å². The minimum atomic E-state index is -0.601. The summed E-state index contributed by atoms with van der Waals surface area (Å²) in [6.07, 6.45) is 1.10. The van der Waals surface area contributed by atoms with Crippen LogP contribution in [0.1, 0.15) is 26.0 Å². The summed E-state index contributed by atoms with van der Waals surface area (Å²) in [4.78, 5) is 19.1. The summed E-state index contributed by atoms with van der Waals surface area (Å²) in [6.45, 7) is 6.88. The van der Waals surface area contributed by atoms with Crippen LogP contribution in [0.15, 0.2) is 36.5 Å². The van der Waals surface area contributed by atoms with E-state index in [0.29, 0.717) is 42.1 Å². The lowest BCUT2D eigenvalue weighted by Crippen LogP contribution is -2.34. The highest BCUT2D eigenvalue weighted by atomic mass is 19.1. The summed E-state index contributed by atoms with van der Waals surface area (Å²) in [6, 6.07) is 8.03. The maximum absolute atomic E-state index is 13.5. The Hall–Kier alpha value is -2.88. The minimum absolute atomic E-state index is 0.0501. The molecule has 0 unspecified atom stereocenters. The molecule has 0 saturated carbocycles. The van der Waals surface area contributed by atoms with Crippen molar-refractivity contribution in [1.82, 2.24) is 24.8 Å². The molecule has 4 rings (SSSR count). The molecule has 9 heteroatoms. The predicted molar refractivity (Wildman–Crippen MR) is 120 cm³/mol. The number of imidazole rings is 1. The predicted octanol–water partition coefficient (Wildman–Crippen LogP) is 3.72. The summed E-state index contributed by atoms with van der Waals surface area (Å²) in [7, 11) is 4.02. The van der Waals surface area contributed by atoms with Crippen LogP contribution in [0.25, 0.3) is 22.6 Å². The molecular weight excluding hydrogens is 411 g/mol. The van der Waals surface area contributed by atoms with E-state index in [1.54, 1.807) is 18.3 Å². The summed E-state index contributed by atoms with van der Waals surface area (Å²) in [5.74, 6) is 0.773. The molecule has 0 bridgehead atoms. The van der Waals surface area contributed by atoms with E-state index in [0.717, 1.165) is 18.7 Å². The molecule has 0 spiro atoms. The van der Waals surface area contributed by atoms with Gasteiger partial charge in [-0.25, -0.2) is 19.3 Å². The number of rotatable bonds is 7. The first-order valence-electron chi connectivity index (χ1n) is 10.6. The van der Waals surface area contributed by atoms with Gasteiger partial charge in [0, 0.05) is 30.3 Å². The van der Waals surface area contributed by atoms with E-state index >= 15 is 0 Å². The fourth-order valence-corrected chi connectivity index (χ4v) is 3.33. The van der Waals surface area contributed by atoms with Crippen LogP contribution in [0, 0.1) is 11.2 Å². The van der Waals surface area contributed by atoms with Gasteiger partial charge in [-0.05, 0) is 44.4 Å². The Balaban J connectivity index is 1.67. The van der Waals surface area contributed by atoms with E-state index in [1.165, 1.54) is 12.1 Å². The molecule has 0 aliphatic carbocycles. The molecule has 0 atom stereocenters. The zero-order chi connectivity index (χ0) is 22.7. The molecule has 2 N–H and O–H groups in total. The third kappa shape index (κ3) is 5.29. The standard InChI is InChI=1S/C23H29FN6O2/c1-23(2)13-31-21(32-14-23)20-28-18(15-5-7-16(24)8-6-15)19(29-20)17-9-10-25-22(27-17)26-11-12-30(3)4/h5-10,21H,11-14H2,1-4H3,(H,28,29)(H,25,26,27). The van der Waals surface area contributed by atoms with Crippen LogP contribution in [-0.4, -0.2) is 65.2 Å². The number of benzene rings is 1. The van der Waals surface area contributed by atoms with Crippen LogP contribution in [0.3, 0.4) is 0 Å². The summed E-state index contributed by atoms with van der Waals surface area (Å²) in [5, 5.41) is 3.23. The van der Waals surface area contributed by atoms with Crippen LogP contribution in [-0.2, 0) is 9.47 Å². The SMILES string of the molecule is CN(C)CCNc1nccc(-c2[nH]c(C3OCC(C)(C)CO3)nc2-c2ccc(F)cc2)n1. The molecular formula is C23H29FN6O2. The number of H-pyrrole nitrogens is 1. The van der Waals surface area contributed by atoms with Crippen molar-refractivity contribution in [3.8, 4) is 22.6 Å². The number of anilines is 1. The monoisotopic (exact) mass is 440 g/mol. The molecule has 8 nitrogen and oxygen atoms in total. The first-order chi connectivity index (χ1) is 15.3. The van der Waals surface area contributed by atoms with Crippen molar-refractivity contribution in [1.29, 1.82) is 0 Å². The van der Waals surface area contributed by atoms with Gasteiger partial charge in [0.25, 0.3) is 0 Å². The summed E-state index contributed by atoms with van der Waals surface area (Å²) in [5.41, 5.74) is 2.73. The second-order valence-electron chi connectivity index (χ2n) is 8.97. The second-order valence-corrected chi connectivity index (χ2v) is 8.97. The van der Waals surface area contributed by atoms with Crippen molar-refractivity contribution in [3.05, 3.63) is 48.2 Å². The molecule has 1 aliphatic rings. The molecule has 0 radical (unpaired) electrons.